The predicted molar refractivity (Wildman–Crippen MR) is 68.5 cm³/mol. The highest BCUT2D eigenvalue weighted by Crippen LogP contribution is 2.22. The highest BCUT2D eigenvalue weighted by molar-refractivity contribution is 6.21. The summed E-state index contributed by atoms with van der Waals surface area (Å²) in [6.07, 6.45) is 0.0888. The zero-order valence-corrected chi connectivity index (χ0v) is 10.4. The summed E-state index contributed by atoms with van der Waals surface area (Å²) in [5.41, 5.74) is 6.06. The van der Waals surface area contributed by atoms with E-state index >= 15 is 0 Å². The van der Waals surface area contributed by atoms with Crippen LogP contribution in [0.25, 0.3) is 0 Å². The Kier molecular flexibility index (Phi) is 3.91. The lowest BCUT2D eigenvalue weighted by Crippen LogP contribution is -2.35. The molecule has 19 heavy (non-hydrogen) atoms. The van der Waals surface area contributed by atoms with E-state index in [0.717, 1.165) is 4.90 Å². The summed E-state index contributed by atoms with van der Waals surface area (Å²) < 4.78 is 0. The molecule has 1 heterocycles. The molecule has 0 saturated carbocycles. The van der Waals surface area contributed by atoms with Crippen molar-refractivity contribution in [3.05, 3.63) is 35.4 Å². The number of nitrogens with zero attached hydrogens (tertiary/aromatic N) is 1. The van der Waals surface area contributed by atoms with Crippen molar-refractivity contribution in [2.75, 3.05) is 19.6 Å². The number of carbonyl (C=O) groups excluding carboxylic acids is 3. The van der Waals surface area contributed by atoms with E-state index in [9.17, 15) is 14.4 Å². The van der Waals surface area contributed by atoms with Crippen molar-refractivity contribution in [3.8, 4) is 0 Å². The summed E-state index contributed by atoms with van der Waals surface area (Å²) in [6, 6.07) is 6.65. The van der Waals surface area contributed by atoms with Crippen LogP contribution in [0.4, 0.5) is 0 Å². The molecule has 0 atom stereocenters. The van der Waals surface area contributed by atoms with Crippen molar-refractivity contribution in [1.29, 1.82) is 0 Å². The Hall–Kier alpha value is -2.21. The van der Waals surface area contributed by atoms with Gasteiger partial charge < -0.3 is 11.1 Å². The fourth-order valence-corrected chi connectivity index (χ4v) is 1.96. The number of rotatable bonds is 5. The van der Waals surface area contributed by atoms with Crippen LogP contribution < -0.4 is 11.1 Å². The molecule has 1 aromatic rings. The van der Waals surface area contributed by atoms with Crippen LogP contribution >= 0.6 is 0 Å². The fraction of sp³-hybridized carbons (Fsp3) is 0.308. The third kappa shape index (κ3) is 2.63. The molecule has 0 aromatic heterocycles. The van der Waals surface area contributed by atoms with Crippen LogP contribution in [0.2, 0.25) is 0 Å². The van der Waals surface area contributed by atoms with Gasteiger partial charge in [-0.2, -0.15) is 0 Å². The van der Waals surface area contributed by atoms with Gasteiger partial charge in [-0.25, -0.2) is 0 Å². The van der Waals surface area contributed by atoms with Gasteiger partial charge in [0.1, 0.15) is 0 Å². The maximum absolute atomic E-state index is 12.0. The zero-order valence-electron chi connectivity index (χ0n) is 10.4. The second kappa shape index (κ2) is 5.62. The van der Waals surface area contributed by atoms with Crippen LogP contribution in [0.5, 0.6) is 0 Å². The molecule has 1 aromatic carbocycles. The van der Waals surface area contributed by atoms with Crippen LogP contribution in [0, 0.1) is 0 Å². The van der Waals surface area contributed by atoms with Crippen molar-refractivity contribution in [1.82, 2.24) is 10.2 Å². The van der Waals surface area contributed by atoms with Gasteiger partial charge in [0, 0.05) is 26.1 Å². The van der Waals surface area contributed by atoms with E-state index in [1.54, 1.807) is 24.3 Å². The molecule has 0 unspecified atom stereocenters. The molecular formula is C13H15N3O3. The van der Waals surface area contributed by atoms with E-state index < -0.39 is 0 Å². The third-order valence-corrected chi connectivity index (χ3v) is 2.91. The number of nitrogens with two attached hydrogens (primary N) is 1. The van der Waals surface area contributed by atoms with E-state index in [4.69, 9.17) is 5.73 Å². The number of hydrogen-bond acceptors (Lipinski definition) is 4. The Morgan fingerprint density at radius 1 is 1.16 bits per heavy atom. The molecule has 6 heteroatoms. The van der Waals surface area contributed by atoms with Gasteiger partial charge in [-0.05, 0) is 12.1 Å². The van der Waals surface area contributed by atoms with Gasteiger partial charge in [-0.3, -0.25) is 19.3 Å². The van der Waals surface area contributed by atoms with E-state index in [1.807, 2.05) is 0 Å². The van der Waals surface area contributed by atoms with Gasteiger partial charge in [-0.1, -0.05) is 12.1 Å². The Morgan fingerprint density at radius 3 is 2.26 bits per heavy atom. The average molecular weight is 261 g/mol. The highest BCUT2D eigenvalue weighted by atomic mass is 16.2. The molecule has 3 N–H and O–H groups in total. The van der Waals surface area contributed by atoms with Crippen LogP contribution in [-0.4, -0.2) is 42.3 Å². The molecule has 0 aliphatic carbocycles. The monoisotopic (exact) mass is 261 g/mol. The third-order valence-electron chi connectivity index (χ3n) is 2.91. The summed E-state index contributed by atoms with van der Waals surface area (Å²) in [4.78, 5) is 36.5. The summed E-state index contributed by atoms with van der Waals surface area (Å²) in [7, 11) is 0. The molecule has 0 spiro atoms. The molecule has 0 radical (unpaired) electrons. The lowest BCUT2D eigenvalue weighted by atomic mass is 10.1. The number of fused-ring (bicyclic) bond motifs is 1. The smallest absolute Gasteiger partial charge is 0.261 e. The highest BCUT2D eigenvalue weighted by Gasteiger charge is 2.34. The Morgan fingerprint density at radius 2 is 1.74 bits per heavy atom. The van der Waals surface area contributed by atoms with E-state index in [2.05, 4.69) is 5.32 Å². The van der Waals surface area contributed by atoms with E-state index in [1.165, 1.54) is 0 Å². The molecule has 0 saturated heterocycles. The maximum atomic E-state index is 12.0. The number of benzene rings is 1. The number of hydrogen-bond donors (Lipinski definition) is 2. The number of amides is 3. The Labute approximate surface area is 110 Å². The fourth-order valence-electron chi connectivity index (χ4n) is 1.96. The normalized spacial score (nSPS) is 13.6. The lowest BCUT2D eigenvalue weighted by Gasteiger charge is -2.13. The minimum Gasteiger partial charge on any atom is -0.355 e. The standard InChI is InChI=1S/C13H15N3O3/c14-6-7-15-11(17)5-8-16-12(18)9-3-1-2-4-10(9)13(16)19/h1-4H,5-8,14H2,(H,15,17). The minimum absolute atomic E-state index is 0.0861. The van der Waals surface area contributed by atoms with Crippen LogP contribution in [-0.2, 0) is 4.79 Å². The summed E-state index contributed by atoms with van der Waals surface area (Å²) in [6.45, 7) is 0.836. The first-order valence-electron chi connectivity index (χ1n) is 6.07. The van der Waals surface area contributed by atoms with Gasteiger partial charge >= 0.3 is 0 Å². The number of nitrogens with one attached hydrogen (secondary N) is 1. The molecule has 2 rings (SSSR count). The first-order valence-corrected chi connectivity index (χ1v) is 6.07. The summed E-state index contributed by atoms with van der Waals surface area (Å²) >= 11 is 0. The average Bonchev–Trinajstić information content (AvgIpc) is 2.67. The molecule has 1 aliphatic heterocycles. The zero-order chi connectivity index (χ0) is 13.8. The molecule has 100 valence electrons. The molecule has 0 bridgehead atoms. The summed E-state index contributed by atoms with van der Waals surface area (Å²) in [5, 5.41) is 2.59. The molecule has 6 nitrogen and oxygen atoms in total. The number of carbonyl (C=O) groups is 3. The molecule has 3 amide bonds. The minimum atomic E-state index is -0.341. The molecule has 1 aliphatic rings. The molecule has 0 fully saturated rings. The van der Waals surface area contributed by atoms with E-state index in [-0.39, 0.29) is 30.7 Å². The first kappa shape index (κ1) is 13.2. The SMILES string of the molecule is NCCNC(=O)CCN1C(=O)c2ccccc2C1=O. The Balaban J connectivity index is 1.99. The quantitative estimate of drug-likeness (QED) is 0.715. The van der Waals surface area contributed by atoms with Gasteiger partial charge in [0.05, 0.1) is 11.1 Å². The van der Waals surface area contributed by atoms with Gasteiger partial charge in [-0.15, -0.1) is 0 Å². The van der Waals surface area contributed by atoms with Crippen molar-refractivity contribution in [3.63, 3.8) is 0 Å². The van der Waals surface area contributed by atoms with Crippen molar-refractivity contribution >= 4 is 17.7 Å². The van der Waals surface area contributed by atoms with Gasteiger partial charge in [0.2, 0.25) is 5.91 Å². The molecular weight excluding hydrogens is 246 g/mol. The van der Waals surface area contributed by atoms with Crippen LogP contribution in [0.3, 0.4) is 0 Å². The summed E-state index contributed by atoms with van der Waals surface area (Å²) in [5.74, 6) is -0.901. The van der Waals surface area contributed by atoms with Gasteiger partial charge in [0.15, 0.2) is 0 Å². The van der Waals surface area contributed by atoms with E-state index in [0.29, 0.717) is 24.2 Å². The van der Waals surface area contributed by atoms with Crippen molar-refractivity contribution < 1.29 is 14.4 Å². The first-order chi connectivity index (χ1) is 9.15. The van der Waals surface area contributed by atoms with Crippen LogP contribution in [0.1, 0.15) is 27.1 Å². The second-order valence-corrected chi connectivity index (χ2v) is 4.20. The largest absolute Gasteiger partial charge is 0.355 e. The lowest BCUT2D eigenvalue weighted by molar-refractivity contribution is -0.121. The number of imide groups is 1. The van der Waals surface area contributed by atoms with Crippen molar-refractivity contribution in [2.24, 2.45) is 5.73 Å². The predicted octanol–water partition coefficient (Wildman–Crippen LogP) is -0.252. The second-order valence-electron chi connectivity index (χ2n) is 4.20. The maximum Gasteiger partial charge on any atom is 0.261 e. The van der Waals surface area contributed by atoms with Crippen LogP contribution in [0.15, 0.2) is 24.3 Å². The Bertz CT molecular complexity index is 493. The van der Waals surface area contributed by atoms with Gasteiger partial charge in [0.25, 0.3) is 11.8 Å². The van der Waals surface area contributed by atoms with Crippen molar-refractivity contribution in [2.45, 2.75) is 6.42 Å². The topological polar surface area (TPSA) is 92.5 Å².